The zero-order valence-corrected chi connectivity index (χ0v) is 10.2. The molecule has 1 unspecified atom stereocenters. The minimum absolute atomic E-state index is 0.177. The lowest BCUT2D eigenvalue weighted by molar-refractivity contribution is -0.122. The van der Waals surface area contributed by atoms with Crippen molar-refractivity contribution in [3.63, 3.8) is 0 Å². The van der Waals surface area contributed by atoms with Crippen LogP contribution in [0.15, 0.2) is 0 Å². The van der Waals surface area contributed by atoms with Crippen LogP contribution in [0, 0.1) is 5.92 Å². The largest absolute Gasteiger partial charge is 0.381 e. The van der Waals surface area contributed by atoms with E-state index in [9.17, 15) is 4.79 Å². The molecule has 4 nitrogen and oxygen atoms in total. The van der Waals surface area contributed by atoms with Crippen LogP contribution in [-0.2, 0) is 9.53 Å². The standard InChI is InChI=1S/C12H24N2O2/c1-10(4-7-13)2-3-12(15)14-11-5-8-16-9-6-11/h10-11H,2-9,13H2,1H3,(H,14,15). The van der Waals surface area contributed by atoms with E-state index in [0.29, 0.717) is 24.9 Å². The number of nitrogens with two attached hydrogens (primary N) is 1. The van der Waals surface area contributed by atoms with Crippen molar-refractivity contribution in [2.45, 2.75) is 45.1 Å². The number of carbonyl (C=O) groups excluding carboxylic acids is 1. The molecule has 0 aromatic heterocycles. The van der Waals surface area contributed by atoms with Crippen LogP contribution < -0.4 is 11.1 Å². The van der Waals surface area contributed by atoms with Gasteiger partial charge in [-0.05, 0) is 38.1 Å². The van der Waals surface area contributed by atoms with Gasteiger partial charge in [0.2, 0.25) is 5.91 Å². The normalized spacial score (nSPS) is 19.4. The fraction of sp³-hybridized carbons (Fsp3) is 0.917. The molecule has 1 saturated heterocycles. The van der Waals surface area contributed by atoms with Gasteiger partial charge < -0.3 is 15.8 Å². The smallest absolute Gasteiger partial charge is 0.220 e. The topological polar surface area (TPSA) is 64.4 Å². The maximum atomic E-state index is 11.6. The van der Waals surface area contributed by atoms with Gasteiger partial charge in [-0.3, -0.25) is 4.79 Å². The van der Waals surface area contributed by atoms with Crippen molar-refractivity contribution in [1.29, 1.82) is 0 Å². The highest BCUT2D eigenvalue weighted by molar-refractivity contribution is 5.76. The first-order valence-corrected chi connectivity index (χ1v) is 6.29. The molecule has 16 heavy (non-hydrogen) atoms. The molecule has 0 spiro atoms. The molecule has 1 rings (SSSR count). The number of ether oxygens (including phenoxy) is 1. The molecule has 1 heterocycles. The van der Waals surface area contributed by atoms with Crippen LogP contribution in [0.2, 0.25) is 0 Å². The second-order valence-electron chi connectivity index (χ2n) is 4.68. The van der Waals surface area contributed by atoms with E-state index in [0.717, 1.165) is 38.9 Å². The number of hydrogen-bond donors (Lipinski definition) is 2. The Morgan fingerprint density at radius 2 is 2.12 bits per heavy atom. The van der Waals surface area contributed by atoms with Crippen LogP contribution in [0.3, 0.4) is 0 Å². The first-order chi connectivity index (χ1) is 7.72. The summed E-state index contributed by atoms with van der Waals surface area (Å²) in [6.07, 6.45) is 4.46. The summed E-state index contributed by atoms with van der Waals surface area (Å²) in [4.78, 5) is 11.6. The number of rotatable bonds is 6. The van der Waals surface area contributed by atoms with E-state index in [1.807, 2.05) is 0 Å². The Morgan fingerprint density at radius 3 is 2.75 bits per heavy atom. The summed E-state index contributed by atoms with van der Waals surface area (Å²) < 4.78 is 5.25. The molecular formula is C12H24N2O2. The molecule has 0 aromatic carbocycles. The summed E-state index contributed by atoms with van der Waals surface area (Å²) in [6, 6.07) is 0.325. The number of hydrogen-bond acceptors (Lipinski definition) is 3. The molecule has 1 aliphatic rings. The van der Waals surface area contributed by atoms with Gasteiger partial charge >= 0.3 is 0 Å². The van der Waals surface area contributed by atoms with Crippen LogP contribution in [0.25, 0.3) is 0 Å². The SMILES string of the molecule is CC(CCN)CCC(=O)NC1CCOCC1. The minimum Gasteiger partial charge on any atom is -0.381 e. The fourth-order valence-corrected chi connectivity index (χ4v) is 1.95. The van der Waals surface area contributed by atoms with E-state index >= 15 is 0 Å². The molecule has 1 fully saturated rings. The third-order valence-corrected chi connectivity index (χ3v) is 3.11. The van der Waals surface area contributed by atoms with Gasteiger partial charge in [0.05, 0.1) is 0 Å². The van der Waals surface area contributed by atoms with Crippen molar-refractivity contribution in [1.82, 2.24) is 5.32 Å². The van der Waals surface area contributed by atoms with Gasteiger partial charge in [0.1, 0.15) is 0 Å². The maximum absolute atomic E-state index is 11.6. The van der Waals surface area contributed by atoms with Crippen molar-refractivity contribution < 1.29 is 9.53 Å². The van der Waals surface area contributed by atoms with Gasteiger partial charge in [0.25, 0.3) is 0 Å². The number of amides is 1. The fourth-order valence-electron chi connectivity index (χ4n) is 1.95. The van der Waals surface area contributed by atoms with Gasteiger partial charge in [-0.2, -0.15) is 0 Å². The molecular weight excluding hydrogens is 204 g/mol. The Bertz CT molecular complexity index is 203. The van der Waals surface area contributed by atoms with Gasteiger partial charge in [0.15, 0.2) is 0 Å². The molecule has 3 N–H and O–H groups in total. The van der Waals surface area contributed by atoms with Crippen LogP contribution in [0.4, 0.5) is 0 Å². The lowest BCUT2D eigenvalue weighted by Crippen LogP contribution is -2.38. The monoisotopic (exact) mass is 228 g/mol. The molecule has 0 radical (unpaired) electrons. The van der Waals surface area contributed by atoms with Gasteiger partial charge in [-0.1, -0.05) is 6.92 Å². The van der Waals surface area contributed by atoms with Crippen molar-refractivity contribution in [2.24, 2.45) is 11.7 Å². The summed E-state index contributed by atoms with van der Waals surface area (Å²) in [6.45, 7) is 4.40. The lowest BCUT2D eigenvalue weighted by Gasteiger charge is -2.23. The third-order valence-electron chi connectivity index (χ3n) is 3.11. The molecule has 94 valence electrons. The average Bonchev–Trinajstić information content (AvgIpc) is 2.28. The van der Waals surface area contributed by atoms with Crippen molar-refractivity contribution in [2.75, 3.05) is 19.8 Å². The average molecular weight is 228 g/mol. The summed E-state index contributed by atoms with van der Waals surface area (Å²) in [7, 11) is 0. The highest BCUT2D eigenvalue weighted by atomic mass is 16.5. The molecule has 0 bridgehead atoms. The maximum Gasteiger partial charge on any atom is 0.220 e. The third kappa shape index (κ3) is 5.47. The van der Waals surface area contributed by atoms with Crippen LogP contribution >= 0.6 is 0 Å². The molecule has 4 heteroatoms. The summed E-state index contributed by atoms with van der Waals surface area (Å²) in [5.74, 6) is 0.723. The quantitative estimate of drug-likeness (QED) is 0.714. The van der Waals surface area contributed by atoms with E-state index in [-0.39, 0.29) is 5.91 Å². The van der Waals surface area contributed by atoms with Crippen molar-refractivity contribution in [3.8, 4) is 0 Å². The highest BCUT2D eigenvalue weighted by Crippen LogP contribution is 2.10. The van der Waals surface area contributed by atoms with Gasteiger partial charge in [-0.15, -0.1) is 0 Å². The Morgan fingerprint density at radius 1 is 1.44 bits per heavy atom. The van der Waals surface area contributed by atoms with E-state index in [2.05, 4.69) is 12.2 Å². The second-order valence-corrected chi connectivity index (χ2v) is 4.68. The first-order valence-electron chi connectivity index (χ1n) is 6.29. The van der Waals surface area contributed by atoms with Crippen molar-refractivity contribution >= 4 is 5.91 Å². The Hall–Kier alpha value is -0.610. The van der Waals surface area contributed by atoms with Crippen LogP contribution in [0.5, 0.6) is 0 Å². The predicted molar refractivity (Wildman–Crippen MR) is 64.1 cm³/mol. The number of nitrogens with one attached hydrogen (secondary N) is 1. The van der Waals surface area contributed by atoms with E-state index in [1.165, 1.54) is 0 Å². The minimum atomic E-state index is 0.177. The zero-order chi connectivity index (χ0) is 11.8. The number of carbonyl (C=O) groups is 1. The summed E-state index contributed by atoms with van der Waals surface area (Å²) in [5, 5.41) is 3.07. The van der Waals surface area contributed by atoms with Gasteiger partial charge in [0, 0.05) is 25.7 Å². The second kappa shape index (κ2) is 7.63. The van der Waals surface area contributed by atoms with E-state index in [1.54, 1.807) is 0 Å². The lowest BCUT2D eigenvalue weighted by atomic mass is 10.0. The molecule has 1 aliphatic heterocycles. The first kappa shape index (κ1) is 13.5. The molecule has 0 aliphatic carbocycles. The van der Waals surface area contributed by atoms with E-state index in [4.69, 9.17) is 10.5 Å². The molecule has 0 saturated carbocycles. The Kier molecular flexibility index (Phi) is 6.42. The van der Waals surface area contributed by atoms with Crippen molar-refractivity contribution in [3.05, 3.63) is 0 Å². The van der Waals surface area contributed by atoms with E-state index < -0.39 is 0 Å². The zero-order valence-electron chi connectivity index (χ0n) is 10.2. The predicted octanol–water partition coefficient (Wildman–Crippen LogP) is 1.05. The highest BCUT2D eigenvalue weighted by Gasteiger charge is 2.16. The molecule has 1 atom stereocenters. The van der Waals surface area contributed by atoms with Gasteiger partial charge in [-0.25, -0.2) is 0 Å². The Balaban J connectivity index is 2.10. The summed E-state index contributed by atoms with van der Waals surface area (Å²) >= 11 is 0. The molecule has 1 amide bonds. The van der Waals surface area contributed by atoms with Crippen LogP contribution in [-0.4, -0.2) is 31.7 Å². The Labute approximate surface area is 97.9 Å². The molecule has 0 aromatic rings. The summed E-state index contributed by atoms with van der Waals surface area (Å²) in [5.41, 5.74) is 5.47. The van der Waals surface area contributed by atoms with Crippen LogP contribution in [0.1, 0.15) is 39.0 Å².